The van der Waals surface area contributed by atoms with Crippen LogP contribution in [0.2, 0.25) is 0 Å². The van der Waals surface area contributed by atoms with Crippen molar-refractivity contribution < 1.29 is 43.0 Å². The Morgan fingerprint density at radius 2 is 1.53 bits per heavy atom. The second kappa shape index (κ2) is 14.7. The molecule has 1 aliphatic rings. The molecule has 14 heteroatoms. The lowest BCUT2D eigenvalue weighted by molar-refractivity contribution is -0.138. The van der Waals surface area contributed by atoms with Crippen LogP contribution in [-0.4, -0.2) is 83.2 Å². The number of alkyl carbamates (subject to hydrolysis) is 1. The van der Waals surface area contributed by atoms with Crippen molar-refractivity contribution in [3.8, 4) is 5.75 Å². The number of hydrogen-bond acceptors (Lipinski definition) is 9. The van der Waals surface area contributed by atoms with Gasteiger partial charge in [-0.25, -0.2) is 9.59 Å². The monoisotopic (exact) mass is 605 g/mol. The summed E-state index contributed by atoms with van der Waals surface area (Å²) in [6.07, 6.45) is -0.604. The van der Waals surface area contributed by atoms with E-state index in [1.807, 2.05) is 0 Å². The fourth-order valence-corrected chi connectivity index (χ4v) is 4.11. The van der Waals surface area contributed by atoms with E-state index in [1.54, 1.807) is 53.7 Å². The van der Waals surface area contributed by atoms with Crippen LogP contribution in [0.1, 0.15) is 66.9 Å². The maximum atomic E-state index is 13.2. The molecule has 1 aliphatic heterocycles. The van der Waals surface area contributed by atoms with Crippen LogP contribution in [0, 0.1) is 0 Å². The lowest BCUT2D eigenvalue weighted by atomic mass is 10.0. The Bertz CT molecular complexity index is 1190. The highest BCUT2D eigenvalue weighted by Crippen LogP contribution is 2.18. The SMILES string of the molecule is CC(NC(=O)C(Cc1ccc(OC(=O)OC(C)(C)C)cc1)NC(=O)OC(C)(C)C)C(=O)NCC(=O)N1CCCC1C(N)=O. The normalized spacial score (nSPS) is 16.3. The molecule has 1 aromatic carbocycles. The Labute approximate surface area is 251 Å². The Hall–Kier alpha value is -4.36. The number of likely N-dealkylation sites (tertiary alicyclic amines) is 1. The van der Waals surface area contributed by atoms with E-state index >= 15 is 0 Å². The highest BCUT2D eigenvalue weighted by atomic mass is 16.7. The molecule has 43 heavy (non-hydrogen) atoms. The first-order valence-electron chi connectivity index (χ1n) is 14.0. The largest absolute Gasteiger partial charge is 0.514 e. The average Bonchev–Trinajstić information content (AvgIpc) is 3.36. The Morgan fingerprint density at radius 3 is 2.09 bits per heavy atom. The van der Waals surface area contributed by atoms with Gasteiger partial charge in [-0.3, -0.25) is 19.2 Å². The summed E-state index contributed by atoms with van der Waals surface area (Å²) in [6, 6.07) is 3.31. The summed E-state index contributed by atoms with van der Waals surface area (Å²) in [4.78, 5) is 75.7. The first-order chi connectivity index (χ1) is 19.8. The number of amides is 5. The summed E-state index contributed by atoms with van der Waals surface area (Å²) in [6.45, 7) is 11.6. The predicted octanol–water partition coefficient (Wildman–Crippen LogP) is 1.53. The van der Waals surface area contributed by atoms with E-state index in [9.17, 15) is 28.8 Å². The zero-order valence-electron chi connectivity index (χ0n) is 25.8. The molecular formula is C29H43N5O9. The summed E-state index contributed by atoms with van der Waals surface area (Å²) >= 11 is 0. The number of hydrogen-bond donors (Lipinski definition) is 4. The number of carbonyl (C=O) groups is 6. The van der Waals surface area contributed by atoms with E-state index in [2.05, 4.69) is 16.0 Å². The second-order valence-corrected chi connectivity index (χ2v) is 12.2. The Morgan fingerprint density at radius 1 is 0.930 bits per heavy atom. The number of carbonyl (C=O) groups excluding carboxylic acids is 6. The first kappa shape index (κ1) is 34.8. The van der Waals surface area contributed by atoms with Crippen molar-refractivity contribution in [2.45, 2.75) is 97.1 Å². The van der Waals surface area contributed by atoms with Gasteiger partial charge >= 0.3 is 12.2 Å². The Kier molecular flexibility index (Phi) is 11.9. The number of benzene rings is 1. The van der Waals surface area contributed by atoms with Gasteiger partial charge in [-0.15, -0.1) is 0 Å². The molecule has 1 aromatic rings. The zero-order chi connectivity index (χ0) is 32.5. The van der Waals surface area contributed by atoms with Crippen molar-refractivity contribution in [3.63, 3.8) is 0 Å². The van der Waals surface area contributed by atoms with Gasteiger partial charge in [0, 0.05) is 13.0 Å². The van der Waals surface area contributed by atoms with Gasteiger partial charge in [0.15, 0.2) is 0 Å². The third kappa shape index (κ3) is 12.2. The van der Waals surface area contributed by atoms with Crippen LogP contribution in [0.15, 0.2) is 24.3 Å². The fraction of sp³-hybridized carbons (Fsp3) is 0.586. The van der Waals surface area contributed by atoms with Gasteiger partial charge < -0.3 is 40.8 Å². The molecule has 0 aliphatic carbocycles. The average molecular weight is 606 g/mol. The number of ether oxygens (including phenoxy) is 3. The zero-order valence-corrected chi connectivity index (χ0v) is 25.8. The van der Waals surface area contributed by atoms with Gasteiger partial charge in [-0.2, -0.15) is 0 Å². The molecule has 3 atom stereocenters. The van der Waals surface area contributed by atoms with Crippen molar-refractivity contribution >= 4 is 35.9 Å². The van der Waals surface area contributed by atoms with Gasteiger partial charge in [0.1, 0.15) is 35.1 Å². The molecule has 5 N–H and O–H groups in total. The van der Waals surface area contributed by atoms with Crippen LogP contribution < -0.4 is 26.4 Å². The quantitative estimate of drug-likeness (QED) is 0.226. The molecule has 0 radical (unpaired) electrons. The number of rotatable bonds is 10. The maximum absolute atomic E-state index is 13.2. The molecule has 1 fully saturated rings. The van der Waals surface area contributed by atoms with Crippen LogP contribution in [-0.2, 0) is 35.1 Å². The van der Waals surface area contributed by atoms with Crippen molar-refractivity contribution in [3.05, 3.63) is 29.8 Å². The third-order valence-corrected chi connectivity index (χ3v) is 6.03. The van der Waals surface area contributed by atoms with Crippen molar-refractivity contribution in [2.75, 3.05) is 13.1 Å². The van der Waals surface area contributed by atoms with E-state index < -0.39 is 65.2 Å². The van der Waals surface area contributed by atoms with Crippen molar-refractivity contribution in [1.82, 2.24) is 20.9 Å². The Balaban J connectivity index is 2.04. The van der Waals surface area contributed by atoms with E-state index in [0.717, 1.165) is 0 Å². The van der Waals surface area contributed by atoms with Crippen LogP contribution in [0.5, 0.6) is 5.75 Å². The molecule has 1 heterocycles. The van der Waals surface area contributed by atoms with E-state index in [4.69, 9.17) is 19.9 Å². The van der Waals surface area contributed by atoms with E-state index in [-0.39, 0.29) is 18.7 Å². The van der Waals surface area contributed by atoms with Gasteiger partial charge in [-0.05, 0) is 79.0 Å². The van der Waals surface area contributed by atoms with Crippen LogP contribution in [0.3, 0.4) is 0 Å². The van der Waals surface area contributed by atoms with Crippen LogP contribution in [0.4, 0.5) is 9.59 Å². The standard InChI is InChI=1S/C29H43N5O9/c1-17(24(37)31-16-22(35)34-14-8-9-21(34)23(30)36)32-25(38)20(33-26(39)42-28(2,3)4)15-18-10-12-19(13-11-18)41-27(40)43-29(5,6)7/h10-13,17,20-21H,8-9,14-16H2,1-7H3,(H2,30,36)(H,31,37)(H,32,38)(H,33,39). The van der Waals surface area contributed by atoms with Crippen molar-refractivity contribution in [1.29, 1.82) is 0 Å². The van der Waals surface area contributed by atoms with Crippen LogP contribution in [0.25, 0.3) is 0 Å². The number of primary amides is 1. The number of nitrogens with two attached hydrogens (primary N) is 1. The summed E-state index contributed by atoms with van der Waals surface area (Å²) < 4.78 is 15.6. The minimum absolute atomic E-state index is 0.00802. The molecule has 238 valence electrons. The number of nitrogens with zero attached hydrogens (tertiary/aromatic N) is 1. The maximum Gasteiger partial charge on any atom is 0.514 e. The minimum atomic E-state index is -1.15. The fourth-order valence-electron chi connectivity index (χ4n) is 4.11. The van der Waals surface area contributed by atoms with Crippen LogP contribution >= 0.6 is 0 Å². The highest BCUT2D eigenvalue weighted by Gasteiger charge is 2.33. The minimum Gasteiger partial charge on any atom is -0.444 e. The first-order valence-corrected chi connectivity index (χ1v) is 14.0. The molecule has 3 unspecified atom stereocenters. The van der Waals surface area contributed by atoms with Gasteiger partial charge in [-0.1, -0.05) is 12.1 Å². The summed E-state index contributed by atoms with van der Waals surface area (Å²) in [7, 11) is 0. The molecule has 1 saturated heterocycles. The topological polar surface area (TPSA) is 195 Å². The molecule has 2 rings (SSSR count). The summed E-state index contributed by atoms with van der Waals surface area (Å²) in [5.74, 6) is -2.17. The third-order valence-electron chi connectivity index (χ3n) is 6.03. The second-order valence-electron chi connectivity index (χ2n) is 12.2. The molecule has 14 nitrogen and oxygen atoms in total. The van der Waals surface area contributed by atoms with Gasteiger partial charge in [0.2, 0.25) is 23.6 Å². The lowest BCUT2D eigenvalue weighted by Gasteiger charge is -2.25. The predicted molar refractivity (Wildman–Crippen MR) is 155 cm³/mol. The molecular weight excluding hydrogens is 562 g/mol. The van der Waals surface area contributed by atoms with Gasteiger partial charge in [0.05, 0.1) is 6.54 Å². The summed E-state index contributed by atoms with van der Waals surface area (Å²) in [5, 5.41) is 7.53. The summed E-state index contributed by atoms with van der Waals surface area (Å²) in [5.41, 5.74) is 4.40. The molecule has 0 aromatic heterocycles. The molecule has 0 bridgehead atoms. The smallest absolute Gasteiger partial charge is 0.444 e. The highest BCUT2D eigenvalue weighted by molar-refractivity contribution is 5.94. The van der Waals surface area contributed by atoms with Crippen molar-refractivity contribution in [2.24, 2.45) is 5.73 Å². The molecule has 5 amide bonds. The van der Waals surface area contributed by atoms with E-state index in [1.165, 1.54) is 24.0 Å². The molecule has 0 saturated carbocycles. The number of nitrogens with one attached hydrogen (secondary N) is 3. The lowest BCUT2D eigenvalue weighted by Crippen LogP contribution is -2.55. The van der Waals surface area contributed by atoms with E-state index in [0.29, 0.717) is 24.9 Å². The van der Waals surface area contributed by atoms with Gasteiger partial charge in [0.25, 0.3) is 0 Å². The molecule has 0 spiro atoms.